The van der Waals surface area contributed by atoms with Crippen LogP contribution in [0.4, 0.5) is 0 Å². The van der Waals surface area contributed by atoms with Crippen LogP contribution >= 0.6 is 0 Å². The molecule has 3 rings (SSSR count). The lowest BCUT2D eigenvalue weighted by molar-refractivity contribution is -0.197. The van der Waals surface area contributed by atoms with E-state index >= 15 is 0 Å². The second-order valence-corrected chi connectivity index (χ2v) is 16.3. The molecule has 1 heterocycles. The van der Waals surface area contributed by atoms with E-state index in [0.717, 1.165) is 32.3 Å². The molecule has 0 radical (unpaired) electrons. The Bertz CT molecular complexity index is 617. The van der Waals surface area contributed by atoms with Gasteiger partial charge in [0.05, 0.1) is 12.2 Å². The summed E-state index contributed by atoms with van der Waals surface area (Å²) in [7, 11) is -1.84. The molecular formula is C26H46O4Si. The summed E-state index contributed by atoms with van der Waals surface area (Å²) in [5.74, 6) is 1.16. The number of unbranched alkanes of at least 4 members (excludes halogenated alkanes) is 2. The maximum atomic E-state index is 12.6. The Morgan fingerprint density at radius 1 is 1.23 bits per heavy atom. The average Bonchev–Trinajstić information content (AvgIpc) is 3.18. The molecule has 1 aliphatic heterocycles. The van der Waals surface area contributed by atoms with Crippen LogP contribution in [0.25, 0.3) is 0 Å². The highest BCUT2D eigenvalue weighted by molar-refractivity contribution is 6.74. The Labute approximate surface area is 191 Å². The normalized spacial score (nSPS) is 32.8. The second kappa shape index (κ2) is 10.6. The molecule has 6 unspecified atom stereocenters. The van der Waals surface area contributed by atoms with Crippen LogP contribution in [0.3, 0.4) is 0 Å². The molecule has 178 valence electrons. The van der Waals surface area contributed by atoms with E-state index in [1.54, 1.807) is 0 Å². The SMILES string of the molecule is CCCCCC(C=CC1C2CC(OC3CCCCO3)C1CC2=O)O[Si](C)(C)C(C)(C)C. The lowest BCUT2D eigenvalue weighted by atomic mass is 9.95. The molecule has 2 saturated carbocycles. The first-order valence-corrected chi connectivity index (χ1v) is 15.7. The highest BCUT2D eigenvalue weighted by atomic mass is 28.4. The van der Waals surface area contributed by atoms with Crippen LogP contribution in [0.2, 0.25) is 18.1 Å². The summed E-state index contributed by atoms with van der Waals surface area (Å²) in [5, 5.41) is 0.200. The number of rotatable bonds is 10. The molecule has 4 nitrogen and oxygen atoms in total. The van der Waals surface area contributed by atoms with Crippen molar-refractivity contribution in [1.82, 2.24) is 0 Å². The summed E-state index contributed by atoms with van der Waals surface area (Å²) in [5.41, 5.74) is 0. The molecule has 3 fully saturated rings. The Balaban J connectivity index is 1.66. The summed E-state index contributed by atoms with van der Waals surface area (Å²) in [4.78, 5) is 12.6. The first-order valence-electron chi connectivity index (χ1n) is 12.8. The van der Waals surface area contributed by atoms with E-state index in [1.165, 1.54) is 25.7 Å². The molecule has 0 amide bonds. The van der Waals surface area contributed by atoms with Crippen LogP contribution in [0.1, 0.15) is 85.5 Å². The zero-order chi connectivity index (χ0) is 22.6. The van der Waals surface area contributed by atoms with Crippen LogP contribution in [-0.2, 0) is 18.7 Å². The molecule has 31 heavy (non-hydrogen) atoms. The average molecular weight is 451 g/mol. The number of allylic oxidation sites excluding steroid dienone is 1. The van der Waals surface area contributed by atoms with E-state index in [0.29, 0.717) is 24.0 Å². The first-order chi connectivity index (χ1) is 14.6. The summed E-state index contributed by atoms with van der Waals surface area (Å²) in [6.07, 6.45) is 14.5. The topological polar surface area (TPSA) is 44.8 Å². The van der Waals surface area contributed by atoms with E-state index in [1.807, 2.05) is 0 Å². The summed E-state index contributed by atoms with van der Waals surface area (Å²) in [6.45, 7) is 14.6. The fraction of sp³-hybridized carbons (Fsp3) is 0.885. The summed E-state index contributed by atoms with van der Waals surface area (Å²) < 4.78 is 18.9. The van der Waals surface area contributed by atoms with E-state index in [2.05, 4.69) is 52.9 Å². The second-order valence-electron chi connectivity index (χ2n) is 11.5. The molecule has 2 bridgehead atoms. The van der Waals surface area contributed by atoms with Gasteiger partial charge in [-0.2, -0.15) is 0 Å². The third kappa shape index (κ3) is 6.30. The van der Waals surface area contributed by atoms with Gasteiger partial charge in [0, 0.05) is 18.9 Å². The summed E-state index contributed by atoms with van der Waals surface area (Å²) >= 11 is 0. The first kappa shape index (κ1) is 25.1. The highest BCUT2D eigenvalue weighted by Gasteiger charge is 2.53. The van der Waals surface area contributed by atoms with Crippen LogP contribution in [0, 0.1) is 17.8 Å². The fourth-order valence-electron chi connectivity index (χ4n) is 5.17. The van der Waals surface area contributed by atoms with Crippen molar-refractivity contribution < 1.29 is 18.7 Å². The van der Waals surface area contributed by atoms with Crippen molar-refractivity contribution >= 4 is 14.1 Å². The quantitative estimate of drug-likeness (QED) is 0.212. The van der Waals surface area contributed by atoms with Crippen LogP contribution in [0.5, 0.6) is 0 Å². The minimum atomic E-state index is -1.84. The minimum absolute atomic E-state index is 0.0680. The molecule has 5 heteroatoms. The number of ether oxygens (including phenoxy) is 2. The summed E-state index contributed by atoms with van der Waals surface area (Å²) in [6, 6.07) is 0. The van der Waals surface area contributed by atoms with Crippen molar-refractivity contribution in [2.45, 2.75) is 122 Å². The third-order valence-electron chi connectivity index (χ3n) is 8.13. The molecule has 2 aliphatic carbocycles. The van der Waals surface area contributed by atoms with Crippen LogP contribution < -0.4 is 0 Å². The fourth-order valence-corrected chi connectivity index (χ4v) is 6.48. The van der Waals surface area contributed by atoms with Crippen molar-refractivity contribution in [3.05, 3.63) is 12.2 Å². The van der Waals surface area contributed by atoms with E-state index in [9.17, 15) is 4.79 Å². The molecule has 0 N–H and O–H groups in total. The lowest BCUT2D eigenvalue weighted by Crippen LogP contribution is -2.43. The minimum Gasteiger partial charge on any atom is -0.411 e. The standard InChI is InChI=1S/C26H46O4Si/c1-7-8-9-12-19(30-31(5,6)26(2,3)4)14-15-20-21-18-24(22(20)17-23(21)27)29-25-13-10-11-16-28-25/h14-15,19-22,24-25H,7-13,16-18H2,1-6H3. The Morgan fingerprint density at radius 3 is 2.65 bits per heavy atom. The molecule has 0 aromatic heterocycles. The molecule has 0 aromatic carbocycles. The highest BCUT2D eigenvalue weighted by Crippen LogP contribution is 2.50. The van der Waals surface area contributed by atoms with Gasteiger partial charge < -0.3 is 13.9 Å². The van der Waals surface area contributed by atoms with Crippen molar-refractivity contribution in [2.24, 2.45) is 17.8 Å². The Hall–Kier alpha value is -0.493. The molecule has 0 aromatic rings. The number of fused-ring (bicyclic) bond motifs is 2. The smallest absolute Gasteiger partial charge is 0.192 e. The van der Waals surface area contributed by atoms with Gasteiger partial charge in [-0.15, -0.1) is 0 Å². The van der Waals surface area contributed by atoms with E-state index < -0.39 is 8.32 Å². The molecule has 1 saturated heterocycles. The van der Waals surface area contributed by atoms with Crippen molar-refractivity contribution in [3.8, 4) is 0 Å². The van der Waals surface area contributed by atoms with Crippen molar-refractivity contribution in [1.29, 1.82) is 0 Å². The number of carbonyl (C=O) groups excluding carboxylic acids is 1. The number of carbonyl (C=O) groups is 1. The van der Waals surface area contributed by atoms with Crippen LogP contribution in [0.15, 0.2) is 12.2 Å². The predicted molar refractivity (Wildman–Crippen MR) is 129 cm³/mol. The van der Waals surface area contributed by atoms with Gasteiger partial charge in [0.15, 0.2) is 14.6 Å². The van der Waals surface area contributed by atoms with Gasteiger partial charge >= 0.3 is 0 Å². The molecule has 0 spiro atoms. The molecular weight excluding hydrogens is 404 g/mol. The maximum Gasteiger partial charge on any atom is 0.192 e. The molecule has 6 atom stereocenters. The van der Waals surface area contributed by atoms with Crippen LogP contribution in [-0.4, -0.2) is 39.2 Å². The number of ketones is 1. The van der Waals surface area contributed by atoms with Gasteiger partial charge in [0.25, 0.3) is 0 Å². The Kier molecular flexibility index (Phi) is 8.61. The van der Waals surface area contributed by atoms with Gasteiger partial charge in [-0.1, -0.05) is 59.1 Å². The van der Waals surface area contributed by atoms with E-state index in [4.69, 9.17) is 13.9 Å². The van der Waals surface area contributed by atoms with Gasteiger partial charge in [0.1, 0.15) is 5.78 Å². The number of hydrogen-bond acceptors (Lipinski definition) is 4. The molecule has 3 aliphatic rings. The van der Waals surface area contributed by atoms with Crippen molar-refractivity contribution in [3.63, 3.8) is 0 Å². The zero-order valence-corrected chi connectivity index (χ0v) is 21.8. The number of hydrogen-bond donors (Lipinski definition) is 0. The van der Waals surface area contributed by atoms with E-state index in [-0.39, 0.29) is 29.5 Å². The number of Topliss-reactive ketones (excluding diaryl/α,β-unsaturated/α-hetero) is 1. The third-order valence-corrected chi connectivity index (χ3v) is 12.6. The van der Waals surface area contributed by atoms with Gasteiger partial charge in [-0.05, 0) is 62.1 Å². The lowest BCUT2D eigenvalue weighted by Gasteiger charge is -2.38. The Morgan fingerprint density at radius 2 is 2.00 bits per heavy atom. The predicted octanol–water partition coefficient (Wildman–Crippen LogP) is 6.65. The van der Waals surface area contributed by atoms with Gasteiger partial charge in [0.2, 0.25) is 0 Å². The monoisotopic (exact) mass is 450 g/mol. The largest absolute Gasteiger partial charge is 0.411 e. The van der Waals surface area contributed by atoms with Crippen molar-refractivity contribution in [2.75, 3.05) is 6.61 Å². The zero-order valence-electron chi connectivity index (χ0n) is 20.8. The maximum absolute atomic E-state index is 12.6. The van der Waals surface area contributed by atoms with Gasteiger partial charge in [-0.3, -0.25) is 4.79 Å². The van der Waals surface area contributed by atoms with Gasteiger partial charge in [-0.25, -0.2) is 0 Å².